The average molecular weight is 333 g/mol. The van der Waals surface area contributed by atoms with Crippen LogP contribution in [-0.2, 0) is 0 Å². The van der Waals surface area contributed by atoms with Crippen molar-refractivity contribution in [3.8, 4) is 0 Å². The number of fused-ring (bicyclic) bond motifs is 1. The van der Waals surface area contributed by atoms with Gasteiger partial charge in [0.2, 0.25) is 0 Å². The van der Waals surface area contributed by atoms with E-state index >= 15 is 0 Å². The fourth-order valence-corrected chi connectivity index (χ4v) is 5.41. The quantitative estimate of drug-likeness (QED) is 0.732. The van der Waals surface area contributed by atoms with Gasteiger partial charge in [-0.3, -0.25) is 0 Å². The molecule has 2 nitrogen and oxygen atoms in total. The second kappa shape index (κ2) is 8.49. The first-order chi connectivity index (χ1) is 11.5. The van der Waals surface area contributed by atoms with E-state index in [9.17, 15) is 5.11 Å². The van der Waals surface area contributed by atoms with E-state index < -0.39 is 0 Å². The third kappa shape index (κ3) is 3.86. The third-order valence-electron chi connectivity index (χ3n) is 6.84. The van der Waals surface area contributed by atoms with Crippen molar-refractivity contribution in [3.05, 3.63) is 35.5 Å². The molecule has 0 heterocycles. The molecule has 24 heavy (non-hydrogen) atoms. The van der Waals surface area contributed by atoms with E-state index in [0.717, 1.165) is 38.2 Å². The molecule has 0 aromatic rings. The Morgan fingerprint density at radius 1 is 1.17 bits per heavy atom. The standard InChI is InChI=1S/C21H32O.CH4O/c1-4-18-10-12-20-16(6-5-13-21(18,20)3)8-9-17-14-19(22)11-7-15(17)2;1-2/h8-9,18-20,22H,2,4-7,10-14H2,1,3H3;2H,1H3/b16-8+,17-9-;/t18?,19-,20?,21?;/m0./s1. The summed E-state index contributed by atoms with van der Waals surface area (Å²) in [7, 11) is 1.00. The van der Waals surface area contributed by atoms with Gasteiger partial charge in [0.25, 0.3) is 0 Å². The second-order valence-electron chi connectivity index (χ2n) is 8.03. The maximum absolute atomic E-state index is 9.89. The van der Waals surface area contributed by atoms with Crippen molar-refractivity contribution in [1.82, 2.24) is 0 Å². The van der Waals surface area contributed by atoms with Gasteiger partial charge in [-0.2, -0.15) is 0 Å². The van der Waals surface area contributed by atoms with Gasteiger partial charge < -0.3 is 10.2 Å². The molecule has 2 heteroatoms. The highest BCUT2D eigenvalue weighted by Gasteiger charge is 2.48. The summed E-state index contributed by atoms with van der Waals surface area (Å²) in [5.41, 5.74) is 4.73. The first-order valence-corrected chi connectivity index (χ1v) is 9.75. The van der Waals surface area contributed by atoms with Crippen LogP contribution in [0.3, 0.4) is 0 Å². The van der Waals surface area contributed by atoms with Crippen molar-refractivity contribution in [3.63, 3.8) is 0 Å². The first-order valence-electron chi connectivity index (χ1n) is 9.75. The second-order valence-corrected chi connectivity index (χ2v) is 8.03. The molecule has 136 valence electrons. The predicted octanol–water partition coefficient (Wildman–Crippen LogP) is 5.18. The number of allylic oxidation sites excluding steroid dienone is 4. The fourth-order valence-electron chi connectivity index (χ4n) is 5.41. The molecule has 0 spiro atoms. The molecule has 0 aromatic heterocycles. The smallest absolute Gasteiger partial charge is 0.0583 e. The summed E-state index contributed by atoms with van der Waals surface area (Å²) in [5.74, 6) is 1.71. The van der Waals surface area contributed by atoms with Crippen molar-refractivity contribution >= 4 is 0 Å². The van der Waals surface area contributed by atoms with E-state index in [1.54, 1.807) is 5.57 Å². The van der Waals surface area contributed by atoms with Crippen LogP contribution in [0.4, 0.5) is 0 Å². The predicted molar refractivity (Wildman–Crippen MR) is 102 cm³/mol. The molecular weight excluding hydrogens is 296 g/mol. The van der Waals surface area contributed by atoms with Gasteiger partial charge in [-0.15, -0.1) is 0 Å². The van der Waals surface area contributed by atoms with Crippen molar-refractivity contribution in [2.75, 3.05) is 7.11 Å². The number of rotatable bonds is 2. The molecule has 3 saturated carbocycles. The van der Waals surface area contributed by atoms with Crippen LogP contribution in [0.2, 0.25) is 0 Å². The van der Waals surface area contributed by atoms with Crippen LogP contribution in [-0.4, -0.2) is 23.4 Å². The van der Waals surface area contributed by atoms with Crippen molar-refractivity contribution in [2.45, 2.75) is 77.7 Å². The Kier molecular flexibility index (Phi) is 6.88. The lowest BCUT2D eigenvalue weighted by Crippen LogP contribution is -2.32. The largest absolute Gasteiger partial charge is 0.400 e. The van der Waals surface area contributed by atoms with Gasteiger partial charge in [0.15, 0.2) is 0 Å². The molecule has 0 saturated heterocycles. The fraction of sp³-hybridized carbons (Fsp3) is 0.727. The summed E-state index contributed by atoms with van der Waals surface area (Å²) in [6.45, 7) is 9.10. The maximum Gasteiger partial charge on any atom is 0.0583 e. The van der Waals surface area contributed by atoms with Crippen LogP contribution in [0.5, 0.6) is 0 Å². The van der Waals surface area contributed by atoms with E-state index in [-0.39, 0.29) is 6.10 Å². The zero-order valence-electron chi connectivity index (χ0n) is 15.9. The molecule has 3 fully saturated rings. The van der Waals surface area contributed by atoms with Gasteiger partial charge in [-0.05, 0) is 74.2 Å². The SMILES string of the molecule is C=C1CC[C@H](O)C/C1=C/C=C1\CCCC2(C)C(CC)CCC12.CO. The van der Waals surface area contributed by atoms with Crippen LogP contribution in [0, 0.1) is 17.3 Å². The molecule has 0 aromatic carbocycles. The van der Waals surface area contributed by atoms with E-state index in [0.29, 0.717) is 5.41 Å². The highest BCUT2D eigenvalue weighted by Crippen LogP contribution is 2.58. The Bertz CT molecular complexity index is 502. The Hall–Kier alpha value is -0.860. The molecule has 4 atom stereocenters. The molecule has 0 aliphatic heterocycles. The first kappa shape index (κ1) is 19.5. The third-order valence-corrected chi connectivity index (χ3v) is 6.84. The number of hydrogen-bond donors (Lipinski definition) is 2. The molecule has 0 amide bonds. The molecule has 2 N–H and O–H groups in total. The summed E-state index contributed by atoms with van der Waals surface area (Å²) in [6, 6.07) is 0. The minimum atomic E-state index is -0.164. The van der Waals surface area contributed by atoms with Gasteiger partial charge in [0.1, 0.15) is 0 Å². The summed E-state index contributed by atoms with van der Waals surface area (Å²) < 4.78 is 0. The normalized spacial score (nSPS) is 39.5. The minimum absolute atomic E-state index is 0.164. The zero-order valence-corrected chi connectivity index (χ0v) is 15.9. The van der Waals surface area contributed by atoms with Crippen LogP contribution < -0.4 is 0 Å². The minimum Gasteiger partial charge on any atom is -0.400 e. The van der Waals surface area contributed by atoms with Crippen LogP contribution in [0.1, 0.15) is 71.6 Å². The summed E-state index contributed by atoms with van der Waals surface area (Å²) in [5, 5.41) is 16.9. The van der Waals surface area contributed by atoms with Crippen LogP contribution in [0.25, 0.3) is 0 Å². The zero-order chi connectivity index (χ0) is 17.7. The average Bonchev–Trinajstić information content (AvgIpc) is 2.94. The van der Waals surface area contributed by atoms with E-state index in [4.69, 9.17) is 5.11 Å². The molecule has 3 aliphatic rings. The molecule has 0 bridgehead atoms. The van der Waals surface area contributed by atoms with Crippen molar-refractivity contribution in [2.24, 2.45) is 17.3 Å². The Morgan fingerprint density at radius 2 is 1.92 bits per heavy atom. The number of aliphatic hydroxyl groups is 2. The molecule has 0 radical (unpaired) electrons. The van der Waals surface area contributed by atoms with E-state index in [2.05, 4.69) is 32.6 Å². The molecule has 3 rings (SSSR count). The van der Waals surface area contributed by atoms with Crippen LogP contribution in [0.15, 0.2) is 35.5 Å². The van der Waals surface area contributed by atoms with E-state index in [1.807, 2.05) is 0 Å². The molecular formula is C22H36O2. The number of aliphatic hydroxyl groups excluding tert-OH is 2. The lowest BCUT2D eigenvalue weighted by molar-refractivity contribution is 0.133. The van der Waals surface area contributed by atoms with Gasteiger partial charge >= 0.3 is 0 Å². The van der Waals surface area contributed by atoms with Gasteiger partial charge in [-0.25, -0.2) is 0 Å². The maximum atomic E-state index is 9.89. The van der Waals surface area contributed by atoms with Crippen LogP contribution >= 0.6 is 0 Å². The summed E-state index contributed by atoms with van der Waals surface area (Å²) in [6.07, 6.45) is 15.3. The monoisotopic (exact) mass is 332 g/mol. The number of hydrogen-bond acceptors (Lipinski definition) is 2. The Labute approximate surface area is 148 Å². The van der Waals surface area contributed by atoms with Crippen molar-refractivity contribution < 1.29 is 10.2 Å². The Morgan fingerprint density at radius 3 is 2.62 bits per heavy atom. The van der Waals surface area contributed by atoms with E-state index in [1.165, 1.54) is 49.7 Å². The Balaban J connectivity index is 0.00000100. The highest BCUT2D eigenvalue weighted by molar-refractivity contribution is 5.36. The van der Waals surface area contributed by atoms with Gasteiger partial charge in [0, 0.05) is 7.11 Å². The van der Waals surface area contributed by atoms with Gasteiger partial charge in [-0.1, -0.05) is 50.1 Å². The summed E-state index contributed by atoms with van der Waals surface area (Å²) in [4.78, 5) is 0. The lowest BCUT2D eigenvalue weighted by Gasteiger charge is -2.42. The summed E-state index contributed by atoms with van der Waals surface area (Å²) >= 11 is 0. The molecule has 3 unspecified atom stereocenters. The van der Waals surface area contributed by atoms with Gasteiger partial charge in [0.05, 0.1) is 6.10 Å². The highest BCUT2D eigenvalue weighted by atomic mass is 16.3. The topological polar surface area (TPSA) is 40.5 Å². The lowest BCUT2D eigenvalue weighted by atomic mass is 9.63. The van der Waals surface area contributed by atoms with Crippen molar-refractivity contribution in [1.29, 1.82) is 0 Å². The molecule has 3 aliphatic carbocycles.